The molecule has 0 aliphatic carbocycles. The van der Waals surface area contributed by atoms with Gasteiger partial charge in [0.05, 0.1) is 0 Å². The minimum atomic E-state index is -0.703. The Labute approximate surface area is 74.1 Å². The number of halogens is 1. The molecule has 0 aromatic heterocycles. The summed E-state index contributed by atoms with van der Waals surface area (Å²) >= 11 is 0. The van der Waals surface area contributed by atoms with E-state index in [1.807, 2.05) is 11.9 Å². The van der Waals surface area contributed by atoms with Gasteiger partial charge in [-0.3, -0.25) is 0 Å². The van der Waals surface area contributed by atoms with Gasteiger partial charge >= 0.3 is 0 Å². The highest BCUT2D eigenvalue weighted by Gasteiger charge is 2.27. The molecule has 0 radical (unpaired) electrons. The second-order valence-corrected chi connectivity index (χ2v) is 3.99. The maximum absolute atomic E-state index is 13.4. The SMILES string of the molecule is CC(C)N[C@H]1CCN(C)C[C@@H]1F. The molecule has 0 unspecified atom stereocenters. The molecule has 72 valence electrons. The van der Waals surface area contributed by atoms with E-state index in [1.165, 1.54) is 0 Å². The zero-order valence-corrected chi connectivity index (χ0v) is 8.18. The molecule has 1 fully saturated rings. The van der Waals surface area contributed by atoms with Crippen LogP contribution in [-0.2, 0) is 0 Å². The Balaban J connectivity index is 2.34. The summed E-state index contributed by atoms with van der Waals surface area (Å²) in [5.74, 6) is 0. The highest BCUT2D eigenvalue weighted by atomic mass is 19.1. The van der Waals surface area contributed by atoms with Gasteiger partial charge in [-0.1, -0.05) is 13.8 Å². The average molecular weight is 174 g/mol. The number of piperidine rings is 1. The number of alkyl halides is 1. The summed E-state index contributed by atoms with van der Waals surface area (Å²) in [6.45, 7) is 5.70. The summed E-state index contributed by atoms with van der Waals surface area (Å²) in [5.41, 5.74) is 0. The first-order valence-corrected chi connectivity index (χ1v) is 4.68. The summed E-state index contributed by atoms with van der Waals surface area (Å²) in [6, 6.07) is 0.456. The first kappa shape index (κ1) is 9.93. The van der Waals surface area contributed by atoms with Gasteiger partial charge < -0.3 is 10.2 Å². The third-order valence-corrected chi connectivity index (χ3v) is 2.29. The number of rotatable bonds is 2. The Morgan fingerprint density at radius 3 is 2.67 bits per heavy atom. The van der Waals surface area contributed by atoms with Crippen LogP contribution in [0, 0.1) is 0 Å². The van der Waals surface area contributed by atoms with E-state index in [0.29, 0.717) is 12.6 Å². The van der Waals surface area contributed by atoms with Gasteiger partial charge in [0.2, 0.25) is 0 Å². The maximum Gasteiger partial charge on any atom is 0.128 e. The van der Waals surface area contributed by atoms with Crippen LogP contribution in [-0.4, -0.2) is 43.3 Å². The molecular weight excluding hydrogens is 155 g/mol. The van der Waals surface area contributed by atoms with Crippen molar-refractivity contribution in [1.82, 2.24) is 10.2 Å². The van der Waals surface area contributed by atoms with Gasteiger partial charge in [-0.05, 0) is 20.0 Å². The first-order valence-electron chi connectivity index (χ1n) is 4.68. The Bertz CT molecular complexity index is 138. The topological polar surface area (TPSA) is 15.3 Å². The van der Waals surface area contributed by atoms with Crippen molar-refractivity contribution in [2.75, 3.05) is 20.1 Å². The molecular formula is C9H19FN2. The molecule has 0 amide bonds. The molecule has 12 heavy (non-hydrogen) atoms. The van der Waals surface area contributed by atoms with E-state index in [1.54, 1.807) is 0 Å². The third kappa shape index (κ3) is 2.72. The van der Waals surface area contributed by atoms with Crippen LogP contribution in [0.25, 0.3) is 0 Å². The fraction of sp³-hybridized carbons (Fsp3) is 1.00. The molecule has 0 saturated carbocycles. The van der Waals surface area contributed by atoms with Crippen LogP contribution in [0.3, 0.4) is 0 Å². The van der Waals surface area contributed by atoms with Crippen LogP contribution in [0.5, 0.6) is 0 Å². The molecule has 0 spiro atoms. The standard InChI is InChI=1S/C9H19FN2/c1-7(2)11-9-4-5-12(3)6-8(9)10/h7-9,11H,4-6H2,1-3H3/t8-,9-/m0/s1. The minimum Gasteiger partial charge on any atom is -0.309 e. The van der Waals surface area contributed by atoms with Crippen LogP contribution >= 0.6 is 0 Å². The number of nitrogens with one attached hydrogen (secondary N) is 1. The molecule has 2 atom stereocenters. The van der Waals surface area contributed by atoms with Crippen LogP contribution in [0.4, 0.5) is 4.39 Å². The molecule has 2 nitrogen and oxygen atoms in total. The third-order valence-electron chi connectivity index (χ3n) is 2.29. The zero-order valence-electron chi connectivity index (χ0n) is 8.18. The Kier molecular flexibility index (Phi) is 3.47. The highest BCUT2D eigenvalue weighted by molar-refractivity contribution is 4.84. The Morgan fingerprint density at radius 2 is 2.17 bits per heavy atom. The number of hydrogen-bond donors (Lipinski definition) is 1. The van der Waals surface area contributed by atoms with Crippen LogP contribution in [0.2, 0.25) is 0 Å². The maximum atomic E-state index is 13.4. The largest absolute Gasteiger partial charge is 0.309 e. The monoisotopic (exact) mass is 174 g/mol. The Hall–Kier alpha value is -0.150. The zero-order chi connectivity index (χ0) is 9.14. The van der Waals surface area contributed by atoms with Crippen molar-refractivity contribution < 1.29 is 4.39 Å². The summed E-state index contributed by atoms with van der Waals surface area (Å²) in [4.78, 5) is 2.04. The van der Waals surface area contributed by atoms with Crippen LogP contribution in [0.15, 0.2) is 0 Å². The molecule has 1 heterocycles. The first-order chi connectivity index (χ1) is 5.59. The van der Waals surface area contributed by atoms with Crippen molar-refractivity contribution in [3.8, 4) is 0 Å². The van der Waals surface area contributed by atoms with Crippen molar-refractivity contribution in [3.05, 3.63) is 0 Å². The van der Waals surface area contributed by atoms with Crippen molar-refractivity contribution in [2.24, 2.45) is 0 Å². The number of nitrogens with zero attached hydrogens (tertiary/aromatic N) is 1. The molecule has 0 aromatic rings. The molecule has 1 aliphatic rings. The summed E-state index contributed by atoms with van der Waals surface area (Å²) in [7, 11) is 1.97. The summed E-state index contributed by atoms with van der Waals surface area (Å²) in [5, 5.41) is 3.25. The van der Waals surface area contributed by atoms with Crippen LogP contribution in [0.1, 0.15) is 20.3 Å². The molecule has 0 bridgehead atoms. The van der Waals surface area contributed by atoms with E-state index in [0.717, 1.165) is 13.0 Å². The van der Waals surface area contributed by atoms with E-state index in [2.05, 4.69) is 19.2 Å². The van der Waals surface area contributed by atoms with Crippen molar-refractivity contribution in [2.45, 2.75) is 38.5 Å². The smallest absolute Gasteiger partial charge is 0.128 e. The second kappa shape index (κ2) is 4.19. The fourth-order valence-electron chi connectivity index (χ4n) is 1.67. The van der Waals surface area contributed by atoms with Gasteiger partial charge in [0.15, 0.2) is 0 Å². The lowest BCUT2D eigenvalue weighted by molar-refractivity contribution is 0.118. The lowest BCUT2D eigenvalue weighted by atomic mass is 10.0. The summed E-state index contributed by atoms with van der Waals surface area (Å²) < 4.78 is 13.4. The molecule has 3 heteroatoms. The lowest BCUT2D eigenvalue weighted by Crippen LogP contribution is -2.51. The van der Waals surface area contributed by atoms with E-state index >= 15 is 0 Å². The van der Waals surface area contributed by atoms with E-state index < -0.39 is 6.17 Å². The van der Waals surface area contributed by atoms with Gasteiger partial charge in [-0.2, -0.15) is 0 Å². The Morgan fingerprint density at radius 1 is 1.50 bits per heavy atom. The lowest BCUT2D eigenvalue weighted by Gasteiger charge is -2.33. The minimum absolute atomic E-state index is 0.0706. The second-order valence-electron chi connectivity index (χ2n) is 3.99. The number of likely N-dealkylation sites (tertiary alicyclic amines) is 1. The fourth-order valence-corrected chi connectivity index (χ4v) is 1.67. The molecule has 0 aromatic carbocycles. The highest BCUT2D eigenvalue weighted by Crippen LogP contribution is 2.12. The molecule has 1 N–H and O–H groups in total. The van der Waals surface area contributed by atoms with Crippen LogP contribution < -0.4 is 5.32 Å². The molecule has 1 rings (SSSR count). The normalized spacial score (nSPS) is 32.8. The molecule has 1 saturated heterocycles. The van der Waals surface area contributed by atoms with Gasteiger partial charge in [0.1, 0.15) is 6.17 Å². The average Bonchev–Trinajstić information content (AvgIpc) is 1.94. The quantitative estimate of drug-likeness (QED) is 0.672. The van der Waals surface area contributed by atoms with Gasteiger partial charge in [0, 0.05) is 18.6 Å². The van der Waals surface area contributed by atoms with E-state index in [4.69, 9.17) is 0 Å². The number of hydrogen-bond acceptors (Lipinski definition) is 2. The van der Waals surface area contributed by atoms with Gasteiger partial charge in [-0.25, -0.2) is 4.39 Å². The van der Waals surface area contributed by atoms with Crippen molar-refractivity contribution >= 4 is 0 Å². The summed E-state index contributed by atoms with van der Waals surface area (Å²) in [6.07, 6.45) is 0.224. The van der Waals surface area contributed by atoms with Gasteiger partial charge in [-0.15, -0.1) is 0 Å². The van der Waals surface area contributed by atoms with Crippen molar-refractivity contribution in [1.29, 1.82) is 0 Å². The van der Waals surface area contributed by atoms with E-state index in [9.17, 15) is 4.39 Å². The van der Waals surface area contributed by atoms with E-state index in [-0.39, 0.29) is 6.04 Å². The predicted octanol–water partition coefficient (Wildman–Crippen LogP) is 1.03. The predicted molar refractivity (Wildman–Crippen MR) is 49.1 cm³/mol. The van der Waals surface area contributed by atoms with Crippen molar-refractivity contribution in [3.63, 3.8) is 0 Å². The molecule has 1 aliphatic heterocycles. The van der Waals surface area contributed by atoms with Gasteiger partial charge in [0.25, 0.3) is 0 Å².